The van der Waals surface area contributed by atoms with Gasteiger partial charge < -0.3 is 4.74 Å². The van der Waals surface area contributed by atoms with E-state index in [4.69, 9.17) is 16.3 Å². The second-order valence-electron chi connectivity index (χ2n) is 4.60. The van der Waals surface area contributed by atoms with Crippen molar-refractivity contribution in [2.75, 3.05) is 7.11 Å². The Balaban J connectivity index is 2.34. The minimum atomic E-state index is -0.339. The summed E-state index contributed by atoms with van der Waals surface area (Å²) in [6, 6.07) is 9.77. The number of rotatable bonds is 3. The maximum atomic E-state index is 13.5. The van der Waals surface area contributed by atoms with Gasteiger partial charge in [-0.1, -0.05) is 6.07 Å². The van der Waals surface area contributed by atoms with Crippen molar-refractivity contribution in [2.24, 2.45) is 0 Å². The summed E-state index contributed by atoms with van der Waals surface area (Å²) in [4.78, 5) is 8.88. The molecular formula is C15H13ClFN3O. The minimum Gasteiger partial charge on any atom is -0.481 e. The summed E-state index contributed by atoms with van der Waals surface area (Å²) in [7, 11) is 1.54. The highest BCUT2D eigenvalue weighted by Crippen LogP contribution is 2.28. The van der Waals surface area contributed by atoms with Gasteiger partial charge >= 0.3 is 0 Å². The van der Waals surface area contributed by atoms with E-state index in [1.54, 1.807) is 35.9 Å². The Hall–Kier alpha value is -2.14. The number of methoxy groups -OCH3 is 1. The molecule has 1 atom stereocenters. The summed E-state index contributed by atoms with van der Waals surface area (Å²) in [5, 5.41) is -0.339. The molecule has 0 N–H and O–H groups in total. The summed E-state index contributed by atoms with van der Waals surface area (Å²) in [5.74, 6) is 0.747. The second kappa shape index (κ2) is 5.33. The van der Waals surface area contributed by atoms with Crippen LogP contribution in [0.3, 0.4) is 0 Å². The van der Waals surface area contributed by atoms with Crippen molar-refractivity contribution in [3.8, 4) is 11.6 Å². The van der Waals surface area contributed by atoms with Crippen molar-refractivity contribution in [3.63, 3.8) is 0 Å². The SMILES string of the molecule is COc1ccc2nc(C(C)Cl)n(-c3cccc(F)c3)c2n1. The summed E-state index contributed by atoms with van der Waals surface area (Å²) < 4.78 is 20.4. The molecule has 6 heteroatoms. The number of nitrogens with zero attached hydrogens (tertiary/aromatic N) is 3. The van der Waals surface area contributed by atoms with Crippen LogP contribution in [0.2, 0.25) is 0 Å². The van der Waals surface area contributed by atoms with E-state index >= 15 is 0 Å². The van der Waals surface area contributed by atoms with Gasteiger partial charge in [0.15, 0.2) is 5.65 Å². The molecule has 3 rings (SSSR count). The average molecular weight is 306 g/mol. The fourth-order valence-corrected chi connectivity index (χ4v) is 2.35. The highest BCUT2D eigenvalue weighted by molar-refractivity contribution is 6.20. The zero-order chi connectivity index (χ0) is 15.0. The normalized spacial score (nSPS) is 12.6. The summed E-state index contributed by atoms with van der Waals surface area (Å²) in [6.07, 6.45) is 0. The second-order valence-corrected chi connectivity index (χ2v) is 5.25. The van der Waals surface area contributed by atoms with Crippen molar-refractivity contribution < 1.29 is 9.13 Å². The summed E-state index contributed by atoms with van der Waals surface area (Å²) >= 11 is 6.21. The van der Waals surface area contributed by atoms with Crippen molar-refractivity contribution >= 4 is 22.8 Å². The van der Waals surface area contributed by atoms with Crippen molar-refractivity contribution in [3.05, 3.63) is 48.0 Å². The molecule has 4 nitrogen and oxygen atoms in total. The molecule has 0 amide bonds. The third-order valence-electron chi connectivity index (χ3n) is 3.14. The molecule has 0 aliphatic carbocycles. The van der Waals surface area contributed by atoms with Crippen LogP contribution in [0.1, 0.15) is 18.1 Å². The third-order valence-corrected chi connectivity index (χ3v) is 3.33. The molecule has 108 valence electrons. The highest BCUT2D eigenvalue weighted by atomic mass is 35.5. The van der Waals surface area contributed by atoms with Crippen molar-refractivity contribution in [1.82, 2.24) is 14.5 Å². The Bertz CT molecular complexity index is 801. The summed E-state index contributed by atoms with van der Waals surface area (Å²) in [5.41, 5.74) is 1.89. The first-order chi connectivity index (χ1) is 10.1. The molecule has 0 aliphatic rings. The first-order valence-corrected chi connectivity index (χ1v) is 6.87. The molecule has 2 heterocycles. The van der Waals surface area contributed by atoms with Crippen LogP contribution in [0.25, 0.3) is 16.9 Å². The van der Waals surface area contributed by atoms with E-state index in [-0.39, 0.29) is 11.2 Å². The number of fused-ring (bicyclic) bond motifs is 1. The number of halogens is 2. The highest BCUT2D eigenvalue weighted by Gasteiger charge is 2.18. The van der Waals surface area contributed by atoms with Gasteiger partial charge in [0.25, 0.3) is 0 Å². The number of alkyl halides is 1. The first-order valence-electron chi connectivity index (χ1n) is 6.43. The van der Waals surface area contributed by atoms with Gasteiger partial charge in [-0.2, -0.15) is 4.98 Å². The van der Waals surface area contributed by atoms with Gasteiger partial charge in [0.05, 0.1) is 18.2 Å². The smallest absolute Gasteiger partial charge is 0.215 e. The molecule has 1 unspecified atom stereocenters. The van der Waals surface area contributed by atoms with Crippen LogP contribution < -0.4 is 4.74 Å². The van der Waals surface area contributed by atoms with Crippen molar-refractivity contribution in [2.45, 2.75) is 12.3 Å². The van der Waals surface area contributed by atoms with E-state index in [2.05, 4.69) is 9.97 Å². The van der Waals surface area contributed by atoms with Crippen LogP contribution in [0, 0.1) is 5.82 Å². The third kappa shape index (κ3) is 2.45. The number of pyridine rings is 1. The zero-order valence-electron chi connectivity index (χ0n) is 11.5. The Morgan fingerprint density at radius 1 is 1.24 bits per heavy atom. The minimum absolute atomic E-state index is 0.328. The Morgan fingerprint density at radius 2 is 2.05 bits per heavy atom. The van der Waals surface area contributed by atoms with Crippen LogP contribution in [-0.2, 0) is 0 Å². The van der Waals surface area contributed by atoms with E-state index in [0.717, 1.165) is 0 Å². The average Bonchev–Trinajstić information content (AvgIpc) is 2.85. The molecule has 0 radical (unpaired) electrons. The molecule has 2 aromatic heterocycles. The first kappa shape index (κ1) is 13.8. The fourth-order valence-electron chi connectivity index (χ4n) is 2.21. The maximum absolute atomic E-state index is 13.5. The molecule has 0 saturated carbocycles. The number of benzene rings is 1. The predicted molar refractivity (Wildman–Crippen MR) is 79.6 cm³/mol. The van der Waals surface area contributed by atoms with Crippen LogP contribution >= 0.6 is 11.6 Å². The fraction of sp³-hybridized carbons (Fsp3) is 0.200. The lowest BCUT2D eigenvalue weighted by Gasteiger charge is -2.10. The molecule has 0 fully saturated rings. The van der Waals surface area contributed by atoms with Crippen molar-refractivity contribution in [1.29, 1.82) is 0 Å². The van der Waals surface area contributed by atoms with Gasteiger partial charge in [-0.15, -0.1) is 11.6 Å². The lowest BCUT2D eigenvalue weighted by molar-refractivity contribution is 0.399. The van der Waals surface area contributed by atoms with Gasteiger partial charge in [0, 0.05) is 6.07 Å². The topological polar surface area (TPSA) is 39.9 Å². The number of hydrogen-bond donors (Lipinski definition) is 0. The van der Waals surface area contributed by atoms with Gasteiger partial charge in [-0.3, -0.25) is 4.57 Å². The van der Waals surface area contributed by atoms with Crippen LogP contribution in [-0.4, -0.2) is 21.6 Å². The standard InChI is InChI=1S/C15H13ClFN3O/c1-9(16)14-18-12-6-7-13(21-2)19-15(12)20(14)11-5-3-4-10(17)8-11/h3-9H,1-2H3. The van der Waals surface area contributed by atoms with Gasteiger partial charge in [-0.25, -0.2) is 9.37 Å². The molecule has 0 aliphatic heterocycles. The van der Waals surface area contributed by atoms with E-state index in [0.29, 0.717) is 28.6 Å². The Morgan fingerprint density at radius 3 is 2.71 bits per heavy atom. The molecular weight excluding hydrogens is 293 g/mol. The molecule has 0 bridgehead atoms. The molecule has 1 aromatic carbocycles. The molecule has 0 saturated heterocycles. The zero-order valence-corrected chi connectivity index (χ0v) is 12.3. The largest absolute Gasteiger partial charge is 0.481 e. The number of ether oxygens (including phenoxy) is 1. The lowest BCUT2D eigenvalue weighted by atomic mass is 10.3. The molecule has 3 aromatic rings. The van der Waals surface area contributed by atoms with E-state index < -0.39 is 0 Å². The molecule has 21 heavy (non-hydrogen) atoms. The molecule has 0 spiro atoms. The van der Waals surface area contributed by atoms with Gasteiger partial charge in [0.2, 0.25) is 5.88 Å². The number of imidazole rings is 1. The number of aromatic nitrogens is 3. The van der Waals surface area contributed by atoms with E-state index in [1.807, 2.05) is 6.92 Å². The summed E-state index contributed by atoms with van der Waals surface area (Å²) in [6.45, 7) is 1.82. The monoisotopic (exact) mass is 305 g/mol. The van der Waals surface area contributed by atoms with Crippen LogP contribution in [0.5, 0.6) is 5.88 Å². The van der Waals surface area contributed by atoms with E-state index in [9.17, 15) is 4.39 Å². The Kier molecular flexibility index (Phi) is 3.51. The number of hydrogen-bond acceptors (Lipinski definition) is 3. The quantitative estimate of drug-likeness (QED) is 0.690. The van der Waals surface area contributed by atoms with Gasteiger partial charge in [0.1, 0.15) is 17.2 Å². The predicted octanol–water partition coefficient (Wildman–Crippen LogP) is 3.87. The maximum Gasteiger partial charge on any atom is 0.215 e. The Labute approximate surface area is 126 Å². The van der Waals surface area contributed by atoms with Gasteiger partial charge in [-0.05, 0) is 31.2 Å². The lowest BCUT2D eigenvalue weighted by Crippen LogP contribution is -2.03. The van der Waals surface area contributed by atoms with E-state index in [1.165, 1.54) is 12.1 Å². The van der Waals surface area contributed by atoms with Crippen LogP contribution in [0.4, 0.5) is 4.39 Å². The van der Waals surface area contributed by atoms with Crippen LogP contribution in [0.15, 0.2) is 36.4 Å².